The molecule has 0 spiro atoms. The highest BCUT2D eigenvalue weighted by molar-refractivity contribution is 5.89. The Balaban J connectivity index is 2.13. The largest absolute Gasteiger partial charge is 0.381 e. The van der Waals surface area contributed by atoms with Gasteiger partial charge in [0.15, 0.2) is 0 Å². The van der Waals surface area contributed by atoms with Crippen molar-refractivity contribution < 1.29 is 13.6 Å². The van der Waals surface area contributed by atoms with Gasteiger partial charge in [-0.25, -0.2) is 8.78 Å². The fraction of sp³-hybridized carbons (Fsp3) is 0.188. The van der Waals surface area contributed by atoms with Gasteiger partial charge in [-0.3, -0.25) is 4.79 Å². The first-order valence-electron chi connectivity index (χ1n) is 6.51. The Morgan fingerprint density at radius 2 is 1.76 bits per heavy atom. The number of aryl methyl sites for hydroxylation is 1. The van der Waals surface area contributed by atoms with Gasteiger partial charge in [0.05, 0.1) is 0 Å². The third-order valence-electron chi connectivity index (χ3n) is 2.96. The van der Waals surface area contributed by atoms with Crippen molar-refractivity contribution in [2.24, 2.45) is 0 Å². The zero-order valence-electron chi connectivity index (χ0n) is 11.8. The zero-order chi connectivity index (χ0) is 15.4. The molecule has 0 atom stereocenters. The first-order chi connectivity index (χ1) is 9.94. The van der Waals surface area contributed by atoms with Gasteiger partial charge in [-0.1, -0.05) is 6.07 Å². The molecule has 3 nitrogen and oxygen atoms in total. The van der Waals surface area contributed by atoms with Crippen molar-refractivity contribution in [1.29, 1.82) is 0 Å². The number of hydrogen-bond donors (Lipinski definition) is 2. The second-order valence-electron chi connectivity index (χ2n) is 4.84. The fourth-order valence-electron chi connectivity index (χ4n) is 2.00. The summed E-state index contributed by atoms with van der Waals surface area (Å²) in [7, 11) is 0. The van der Waals surface area contributed by atoms with Crippen LogP contribution in [0.3, 0.4) is 0 Å². The summed E-state index contributed by atoms with van der Waals surface area (Å²) in [5.41, 5.74) is 2.95. The molecule has 5 heteroatoms. The summed E-state index contributed by atoms with van der Waals surface area (Å²) in [5.74, 6) is -1.36. The van der Waals surface area contributed by atoms with Crippen molar-refractivity contribution in [3.63, 3.8) is 0 Å². The average Bonchev–Trinajstić information content (AvgIpc) is 2.37. The summed E-state index contributed by atoms with van der Waals surface area (Å²) in [6, 6.07) is 8.84. The van der Waals surface area contributed by atoms with E-state index in [0.717, 1.165) is 17.3 Å². The Labute approximate surface area is 122 Å². The maximum absolute atomic E-state index is 13.1. The van der Waals surface area contributed by atoms with Crippen LogP contribution in [-0.2, 0) is 11.3 Å². The van der Waals surface area contributed by atoms with Crippen LogP contribution in [0, 0.1) is 18.6 Å². The molecular weight excluding hydrogens is 274 g/mol. The van der Waals surface area contributed by atoms with Crippen LogP contribution in [0.25, 0.3) is 0 Å². The minimum atomic E-state index is -0.601. The number of amides is 1. The first-order valence-corrected chi connectivity index (χ1v) is 6.51. The SMILES string of the molecule is CC(=O)Nc1ccc(C)c(NCc2cc(F)cc(F)c2)c1. The van der Waals surface area contributed by atoms with E-state index >= 15 is 0 Å². The Bertz CT molecular complexity index is 651. The van der Waals surface area contributed by atoms with Crippen molar-refractivity contribution in [2.45, 2.75) is 20.4 Å². The van der Waals surface area contributed by atoms with Crippen molar-refractivity contribution in [1.82, 2.24) is 0 Å². The topological polar surface area (TPSA) is 41.1 Å². The van der Waals surface area contributed by atoms with E-state index in [9.17, 15) is 13.6 Å². The van der Waals surface area contributed by atoms with Gasteiger partial charge in [0.2, 0.25) is 5.91 Å². The monoisotopic (exact) mass is 290 g/mol. The van der Waals surface area contributed by atoms with Gasteiger partial charge < -0.3 is 10.6 Å². The number of benzene rings is 2. The predicted octanol–water partition coefficient (Wildman–Crippen LogP) is 3.84. The minimum absolute atomic E-state index is 0.156. The fourth-order valence-corrected chi connectivity index (χ4v) is 2.00. The highest BCUT2D eigenvalue weighted by atomic mass is 19.1. The summed E-state index contributed by atoms with van der Waals surface area (Å²) in [6.45, 7) is 3.63. The number of rotatable bonds is 4. The lowest BCUT2D eigenvalue weighted by molar-refractivity contribution is -0.114. The van der Waals surface area contributed by atoms with Gasteiger partial charge in [-0.05, 0) is 42.3 Å². The molecule has 0 aromatic heterocycles. The molecule has 0 fully saturated rings. The number of halogens is 2. The van der Waals surface area contributed by atoms with E-state index in [1.807, 2.05) is 13.0 Å². The van der Waals surface area contributed by atoms with E-state index in [4.69, 9.17) is 0 Å². The molecule has 0 heterocycles. The van der Waals surface area contributed by atoms with Gasteiger partial charge in [-0.15, -0.1) is 0 Å². The molecule has 0 bridgehead atoms. The predicted molar refractivity (Wildman–Crippen MR) is 79.2 cm³/mol. The molecule has 0 aliphatic heterocycles. The number of carbonyl (C=O) groups excluding carboxylic acids is 1. The summed E-state index contributed by atoms with van der Waals surface area (Å²) in [6.07, 6.45) is 0. The molecule has 21 heavy (non-hydrogen) atoms. The smallest absolute Gasteiger partial charge is 0.221 e. The van der Waals surface area contributed by atoms with Crippen molar-refractivity contribution >= 4 is 17.3 Å². The highest BCUT2D eigenvalue weighted by Crippen LogP contribution is 2.21. The zero-order valence-corrected chi connectivity index (χ0v) is 11.8. The molecule has 2 N–H and O–H groups in total. The van der Waals surface area contributed by atoms with Crippen LogP contribution in [0.5, 0.6) is 0 Å². The Morgan fingerprint density at radius 1 is 1.10 bits per heavy atom. The number of anilines is 2. The molecule has 1 amide bonds. The van der Waals surface area contributed by atoms with E-state index in [2.05, 4.69) is 10.6 Å². The van der Waals surface area contributed by atoms with Gasteiger partial charge >= 0.3 is 0 Å². The summed E-state index contributed by atoms with van der Waals surface area (Å²) < 4.78 is 26.3. The normalized spacial score (nSPS) is 10.3. The molecule has 2 aromatic carbocycles. The first kappa shape index (κ1) is 15.0. The van der Waals surface area contributed by atoms with Crippen LogP contribution in [-0.4, -0.2) is 5.91 Å². The van der Waals surface area contributed by atoms with Crippen LogP contribution >= 0.6 is 0 Å². The van der Waals surface area contributed by atoms with Gasteiger partial charge in [0, 0.05) is 30.9 Å². The van der Waals surface area contributed by atoms with E-state index in [1.165, 1.54) is 19.1 Å². The summed E-state index contributed by atoms with van der Waals surface area (Å²) in [4.78, 5) is 11.0. The maximum Gasteiger partial charge on any atom is 0.221 e. The Hall–Kier alpha value is -2.43. The van der Waals surface area contributed by atoms with E-state index in [-0.39, 0.29) is 5.91 Å². The quantitative estimate of drug-likeness (QED) is 0.898. The lowest BCUT2D eigenvalue weighted by atomic mass is 10.1. The molecule has 0 radical (unpaired) electrons. The summed E-state index contributed by atoms with van der Waals surface area (Å²) in [5, 5.41) is 5.80. The van der Waals surface area contributed by atoms with E-state index in [1.54, 1.807) is 12.1 Å². The second kappa shape index (κ2) is 6.35. The lowest BCUT2D eigenvalue weighted by Crippen LogP contribution is -2.07. The molecule has 0 aliphatic rings. The van der Waals surface area contributed by atoms with Crippen molar-refractivity contribution in [3.8, 4) is 0 Å². The minimum Gasteiger partial charge on any atom is -0.381 e. The number of carbonyl (C=O) groups is 1. The number of nitrogens with one attached hydrogen (secondary N) is 2. The molecule has 2 rings (SSSR count). The van der Waals surface area contributed by atoms with Crippen LogP contribution in [0.15, 0.2) is 36.4 Å². The molecule has 0 unspecified atom stereocenters. The molecule has 0 saturated heterocycles. The summed E-state index contributed by atoms with van der Waals surface area (Å²) >= 11 is 0. The molecule has 2 aromatic rings. The molecule has 110 valence electrons. The second-order valence-corrected chi connectivity index (χ2v) is 4.84. The lowest BCUT2D eigenvalue weighted by Gasteiger charge is -2.12. The highest BCUT2D eigenvalue weighted by Gasteiger charge is 2.04. The number of hydrogen-bond acceptors (Lipinski definition) is 2. The van der Waals surface area contributed by atoms with E-state index in [0.29, 0.717) is 17.8 Å². The van der Waals surface area contributed by atoms with Crippen LogP contribution in [0.2, 0.25) is 0 Å². The van der Waals surface area contributed by atoms with E-state index < -0.39 is 11.6 Å². The molecular formula is C16H16F2N2O. The van der Waals surface area contributed by atoms with Crippen LogP contribution in [0.1, 0.15) is 18.1 Å². The Kier molecular flexibility index (Phi) is 4.52. The third-order valence-corrected chi connectivity index (χ3v) is 2.96. The van der Waals surface area contributed by atoms with Crippen LogP contribution < -0.4 is 10.6 Å². The average molecular weight is 290 g/mol. The van der Waals surface area contributed by atoms with Crippen molar-refractivity contribution in [2.75, 3.05) is 10.6 Å². The van der Waals surface area contributed by atoms with Gasteiger partial charge in [-0.2, -0.15) is 0 Å². The third kappa shape index (κ3) is 4.27. The standard InChI is InChI=1S/C16H16F2N2O/c1-10-3-4-15(20-11(2)21)8-16(10)19-9-12-5-13(17)7-14(18)6-12/h3-8,19H,9H2,1-2H3,(H,20,21). The van der Waals surface area contributed by atoms with Gasteiger partial charge in [0.25, 0.3) is 0 Å². The Morgan fingerprint density at radius 3 is 2.38 bits per heavy atom. The molecule has 0 saturated carbocycles. The van der Waals surface area contributed by atoms with Gasteiger partial charge in [0.1, 0.15) is 11.6 Å². The van der Waals surface area contributed by atoms with Crippen molar-refractivity contribution in [3.05, 3.63) is 59.2 Å². The molecule has 0 aliphatic carbocycles. The maximum atomic E-state index is 13.1. The van der Waals surface area contributed by atoms with Crippen LogP contribution in [0.4, 0.5) is 20.2 Å².